The number of halogens is 1. The first kappa shape index (κ1) is 22.3. The van der Waals surface area contributed by atoms with E-state index in [-0.39, 0.29) is 11.7 Å². The predicted molar refractivity (Wildman–Crippen MR) is 126 cm³/mol. The molecule has 4 rings (SSSR count). The van der Waals surface area contributed by atoms with E-state index in [1.807, 2.05) is 41.3 Å². The van der Waals surface area contributed by atoms with E-state index >= 15 is 0 Å². The second kappa shape index (κ2) is 10.6. The Morgan fingerprint density at radius 2 is 1.94 bits per heavy atom. The second-order valence-electron chi connectivity index (χ2n) is 7.62. The number of pyridine rings is 1. The van der Waals surface area contributed by atoms with Gasteiger partial charge in [-0.3, -0.25) is 9.79 Å². The number of aliphatic imine (C=N–C) groups is 1. The highest BCUT2D eigenvalue weighted by Gasteiger charge is 2.21. The lowest BCUT2D eigenvalue weighted by atomic mass is 10.2. The lowest BCUT2D eigenvalue weighted by molar-refractivity contribution is -0.117. The lowest BCUT2D eigenvalue weighted by Crippen LogP contribution is -2.36. The Morgan fingerprint density at radius 3 is 2.67 bits per heavy atom. The molecule has 2 heterocycles. The van der Waals surface area contributed by atoms with Gasteiger partial charge < -0.3 is 20.3 Å². The van der Waals surface area contributed by atoms with E-state index in [1.54, 1.807) is 25.4 Å². The van der Waals surface area contributed by atoms with Crippen molar-refractivity contribution >= 4 is 17.6 Å². The maximum atomic E-state index is 13.5. The number of nitrogens with one attached hydrogen (secondary N) is 2. The van der Waals surface area contributed by atoms with Gasteiger partial charge in [-0.15, -0.1) is 0 Å². The summed E-state index contributed by atoms with van der Waals surface area (Å²) in [5.41, 5.74) is 2.82. The zero-order valence-corrected chi connectivity index (χ0v) is 18.4. The van der Waals surface area contributed by atoms with Crippen molar-refractivity contribution in [1.29, 1.82) is 0 Å². The number of carbonyl (C=O) groups is 1. The van der Waals surface area contributed by atoms with E-state index in [4.69, 9.17) is 4.74 Å². The number of aromatic nitrogens is 1. The normalized spacial score (nSPS) is 13.8. The van der Waals surface area contributed by atoms with Crippen LogP contribution in [0.4, 0.5) is 10.1 Å². The summed E-state index contributed by atoms with van der Waals surface area (Å²) in [7, 11) is 1.70. The molecule has 1 aliphatic heterocycles. The van der Waals surface area contributed by atoms with Crippen LogP contribution in [0.2, 0.25) is 0 Å². The van der Waals surface area contributed by atoms with Crippen molar-refractivity contribution in [2.45, 2.75) is 25.9 Å². The SMILES string of the molecule is CN=C(NCc1ccc(N2CCCC2=O)cc1)NCc1cccnc1Oc1cccc(F)c1. The molecule has 0 aliphatic carbocycles. The van der Waals surface area contributed by atoms with Crippen LogP contribution in [-0.4, -0.2) is 30.4 Å². The molecular formula is C25H26FN5O2. The molecule has 1 saturated heterocycles. The molecule has 2 N–H and O–H groups in total. The standard InChI is InChI=1S/C25H26FN5O2/c1-27-25(29-16-18-9-11-21(12-10-18)31-14-4-8-23(31)32)30-17-19-5-3-13-28-24(19)33-22-7-2-6-20(26)15-22/h2-3,5-7,9-13,15H,4,8,14,16-17H2,1H3,(H2,27,29,30). The predicted octanol–water partition coefficient (Wildman–Crippen LogP) is 4.01. The highest BCUT2D eigenvalue weighted by Crippen LogP contribution is 2.24. The molecule has 0 spiro atoms. The molecule has 2 aromatic carbocycles. The summed E-state index contributed by atoms with van der Waals surface area (Å²) >= 11 is 0. The number of anilines is 1. The summed E-state index contributed by atoms with van der Waals surface area (Å²) in [6.07, 6.45) is 3.16. The van der Waals surface area contributed by atoms with Gasteiger partial charge in [-0.05, 0) is 42.3 Å². The average Bonchev–Trinajstić information content (AvgIpc) is 3.26. The maximum Gasteiger partial charge on any atom is 0.227 e. The van der Waals surface area contributed by atoms with Crippen LogP contribution in [0.1, 0.15) is 24.0 Å². The van der Waals surface area contributed by atoms with Crippen LogP contribution in [0.5, 0.6) is 11.6 Å². The molecule has 0 atom stereocenters. The van der Waals surface area contributed by atoms with Gasteiger partial charge in [0.25, 0.3) is 0 Å². The monoisotopic (exact) mass is 447 g/mol. The minimum Gasteiger partial charge on any atom is -0.439 e. The first-order valence-electron chi connectivity index (χ1n) is 10.8. The van der Waals surface area contributed by atoms with Crippen LogP contribution in [0.15, 0.2) is 71.9 Å². The molecular weight excluding hydrogens is 421 g/mol. The highest BCUT2D eigenvalue weighted by molar-refractivity contribution is 5.95. The quantitative estimate of drug-likeness (QED) is 0.423. The summed E-state index contributed by atoms with van der Waals surface area (Å²) < 4.78 is 19.2. The number of hydrogen-bond donors (Lipinski definition) is 2. The molecule has 1 aromatic heterocycles. The third-order valence-corrected chi connectivity index (χ3v) is 5.31. The van der Waals surface area contributed by atoms with Crippen LogP contribution in [0.3, 0.4) is 0 Å². The number of nitrogens with zero attached hydrogens (tertiary/aromatic N) is 3. The van der Waals surface area contributed by atoms with Gasteiger partial charge >= 0.3 is 0 Å². The van der Waals surface area contributed by atoms with Gasteiger partial charge in [-0.25, -0.2) is 9.37 Å². The zero-order valence-electron chi connectivity index (χ0n) is 18.4. The molecule has 1 amide bonds. The van der Waals surface area contributed by atoms with Crippen LogP contribution in [0, 0.1) is 5.82 Å². The number of ether oxygens (including phenoxy) is 1. The molecule has 7 nitrogen and oxygen atoms in total. The topological polar surface area (TPSA) is 78.9 Å². The highest BCUT2D eigenvalue weighted by atomic mass is 19.1. The Morgan fingerprint density at radius 1 is 1.12 bits per heavy atom. The molecule has 170 valence electrons. The van der Waals surface area contributed by atoms with Crippen LogP contribution in [0.25, 0.3) is 0 Å². The first-order valence-corrected chi connectivity index (χ1v) is 10.8. The second-order valence-corrected chi connectivity index (χ2v) is 7.62. The Hall–Kier alpha value is -3.94. The van der Waals surface area contributed by atoms with Crippen molar-refractivity contribution in [2.24, 2.45) is 4.99 Å². The van der Waals surface area contributed by atoms with E-state index < -0.39 is 0 Å². The third-order valence-electron chi connectivity index (χ3n) is 5.31. The summed E-state index contributed by atoms with van der Waals surface area (Å²) in [5.74, 6) is 1.22. The summed E-state index contributed by atoms with van der Waals surface area (Å²) in [4.78, 5) is 22.3. The fourth-order valence-corrected chi connectivity index (χ4v) is 3.59. The van der Waals surface area contributed by atoms with E-state index in [2.05, 4.69) is 20.6 Å². The van der Waals surface area contributed by atoms with Crippen molar-refractivity contribution in [3.63, 3.8) is 0 Å². The minimum atomic E-state index is -0.368. The minimum absolute atomic E-state index is 0.182. The molecule has 3 aromatic rings. The van der Waals surface area contributed by atoms with Crippen LogP contribution < -0.4 is 20.3 Å². The number of benzene rings is 2. The molecule has 0 radical (unpaired) electrons. The van der Waals surface area contributed by atoms with Gasteiger partial charge in [0.05, 0.1) is 0 Å². The number of carbonyl (C=O) groups excluding carboxylic acids is 1. The molecule has 1 fully saturated rings. The van der Waals surface area contributed by atoms with Crippen molar-refractivity contribution in [3.05, 3.63) is 83.8 Å². The van der Waals surface area contributed by atoms with Crippen LogP contribution in [-0.2, 0) is 17.9 Å². The van der Waals surface area contributed by atoms with Gasteiger partial charge in [0.2, 0.25) is 11.8 Å². The smallest absolute Gasteiger partial charge is 0.227 e. The summed E-state index contributed by atoms with van der Waals surface area (Å²) in [6.45, 7) is 1.79. The van der Waals surface area contributed by atoms with Crippen LogP contribution >= 0.6 is 0 Å². The number of rotatable bonds is 7. The molecule has 0 saturated carbocycles. The largest absolute Gasteiger partial charge is 0.439 e. The molecule has 0 unspecified atom stereocenters. The van der Waals surface area contributed by atoms with E-state index in [1.165, 1.54) is 12.1 Å². The molecule has 8 heteroatoms. The van der Waals surface area contributed by atoms with Gasteiger partial charge in [0.15, 0.2) is 5.96 Å². The van der Waals surface area contributed by atoms with Crippen molar-refractivity contribution in [1.82, 2.24) is 15.6 Å². The van der Waals surface area contributed by atoms with E-state index in [0.717, 1.165) is 29.8 Å². The van der Waals surface area contributed by atoms with Gasteiger partial charge in [-0.2, -0.15) is 0 Å². The van der Waals surface area contributed by atoms with Crippen molar-refractivity contribution < 1.29 is 13.9 Å². The van der Waals surface area contributed by atoms with Gasteiger partial charge in [0, 0.05) is 56.6 Å². The first-order chi connectivity index (χ1) is 16.1. The fourth-order valence-electron chi connectivity index (χ4n) is 3.59. The number of amides is 1. The molecule has 33 heavy (non-hydrogen) atoms. The summed E-state index contributed by atoms with van der Waals surface area (Å²) in [6, 6.07) is 17.6. The van der Waals surface area contributed by atoms with Gasteiger partial charge in [0.1, 0.15) is 11.6 Å². The molecule has 0 bridgehead atoms. The Bertz CT molecular complexity index is 1130. The van der Waals surface area contributed by atoms with E-state index in [9.17, 15) is 9.18 Å². The summed E-state index contributed by atoms with van der Waals surface area (Å²) in [5, 5.41) is 6.53. The Balaban J connectivity index is 1.32. The zero-order chi connectivity index (χ0) is 23.0. The Kier molecular flexibility index (Phi) is 7.14. The third kappa shape index (κ3) is 5.85. The van der Waals surface area contributed by atoms with E-state index in [0.29, 0.717) is 37.1 Å². The number of hydrogen-bond acceptors (Lipinski definition) is 4. The van der Waals surface area contributed by atoms with Crippen molar-refractivity contribution in [3.8, 4) is 11.6 Å². The van der Waals surface area contributed by atoms with Crippen molar-refractivity contribution in [2.75, 3.05) is 18.5 Å². The molecule has 1 aliphatic rings. The lowest BCUT2D eigenvalue weighted by Gasteiger charge is -2.17. The fraction of sp³-hybridized carbons (Fsp3) is 0.240. The number of guanidine groups is 1. The Labute approximate surface area is 192 Å². The average molecular weight is 448 g/mol. The maximum absolute atomic E-state index is 13.5. The van der Waals surface area contributed by atoms with Gasteiger partial charge in [-0.1, -0.05) is 24.3 Å².